The second-order valence-electron chi connectivity index (χ2n) is 2.00. The molecule has 10 heavy (non-hydrogen) atoms. The van der Waals surface area contributed by atoms with Crippen molar-refractivity contribution < 1.29 is 9.84 Å². The van der Waals surface area contributed by atoms with Crippen LogP contribution in [-0.2, 0) is 0 Å². The van der Waals surface area contributed by atoms with Crippen molar-refractivity contribution >= 4 is 16.9 Å². The van der Waals surface area contributed by atoms with E-state index in [2.05, 4.69) is 0 Å². The van der Waals surface area contributed by atoms with E-state index in [0.29, 0.717) is 0 Å². The van der Waals surface area contributed by atoms with Gasteiger partial charge in [-0.05, 0) is 12.1 Å². The van der Waals surface area contributed by atoms with Gasteiger partial charge in [0.2, 0.25) is 0 Å². The highest BCUT2D eigenvalue weighted by Crippen LogP contribution is 2.32. The number of hydrogen-bond acceptors (Lipinski definition) is 2. The summed E-state index contributed by atoms with van der Waals surface area (Å²) >= 11 is 1.07. The minimum absolute atomic E-state index is 0.254. The van der Waals surface area contributed by atoms with Gasteiger partial charge in [0.25, 0.3) is 0 Å². The normalized spacial score (nSPS) is 13.6. The molecule has 1 aliphatic rings. The van der Waals surface area contributed by atoms with Crippen molar-refractivity contribution in [3.05, 3.63) is 18.2 Å². The van der Waals surface area contributed by atoms with E-state index in [1.54, 1.807) is 17.7 Å². The highest BCUT2D eigenvalue weighted by molar-refractivity contribution is 7.97. The molecular formula is C7H6O2S. The summed E-state index contributed by atoms with van der Waals surface area (Å²) in [6.07, 6.45) is 0. The van der Waals surface area contributed by atoms with Crippen molar-refractivity contribution in [2.75, 3.05) is 0 Å². The summed E-state index contributed by atoms with van der Waals surface area (Å²) < 4.78 is 5.08. The molecule has 1 aliphatic heterocycles. The lowest BCUT2D eigenvalue weighted by Gasteiger charge is -1.96. The number of benzene rings is 1. The third kappa shape index (κ3) is 0.789. The lowest BCUT2D eigenvalue weighted by Crippen LogP contribution is -1.80. The predicted molar refractivity (Wildman–Crippen MR) is 42.1 cm³/mol. The number of thiol groups is 1. The summed E-state index contributed by atoms with van der Waals surface area (Å²) in [4.78, 5) is 1.11. The minimum atomic E-state index is 0.254. The monoisotopic (exact) mass is 154 g/mol. The Morgan fingerprint density at radius 1 is 1.40 bits per heavy atom. The van der Waals surface area contributed by atoms with Gasteiger partial charge in [0.15, 0.2) is 0 Å². The Kier molecular flexibility index (Phi) is 1.17. The zero-order chi connectivity index (χ0) is 6.97. The third-order valence-electron chi connectivity index (χ3n) is 1.31. The number of fused-ring (bicyclic) bond motifs is 1. The maximum Gasteiger partial charge on any atom is 0.143 e. The van der Waals surface area contributed by atoms with E-state index >= 15 is 0 Å². The molecule has 0 aliphatic carbocycles. The van der Waals surface area contributed by atoms with Gasteiger partial charge >= 0.3 is 0 Å². The number of phenols is 1. The molecule has 1 aromatic carbocycles. The molecule has 1 heterocycles. The average Bonchev–Trinajstić information content (AvgIpc) is 2.33. The van der Waals surface area contributed by atoms with Crippen molar-refractivity contribution in [3.8, 4) is 11.5 Å². The largest absolute Gasteiger partial charge is 0.508 e. The van der Waals surface area contributed by atoms with Gasteiger partial charge in [-0.3, -0.25) is 0 Å². The Hall–Kier alpha value is -0.960. The zero-order valence-corrected chi connectivity index (χ0v) is 6.01. The van der Waals surface area contributed by atoms with E-state index in [0.717, 1.165) is 22.0 Å². The van der Waals surface area contributed by atoms with E-state index < -0.39 is 0 Å². The van der Waals surface area contributed by atoms with Crippen LogP contribution in [0.25, 0.3) is 0 Å². The van der Waals surface area contributed by atoms with Crippen LogP contribution in [0.5, 0.6) is 11.5 Å². The molecular weight excluding hydrogens is 148 g/mol. The van der Waals surface area contributed by atoms with Crippen LogP contribution in [0.15, 0.2) is 23.1 Å². The van der Waals surface area contributed by atoms with Crippen molar-refractivity contribution in [2.24, 2.45) is 0 Å². The van der Waals surface area contributed by atoms with Gasteiger partial charge in [-0.15, -0.1) is 11.4 Å². The van der Waals surface area contributed by atoms with E-state index in [1.165, 1.54) is 0 Å². The first-order valence-electron chi connectivity index (χ1n) is 2.88. The van der Waals surface area contributed by atoms with Gasteiger partial charge < -0.3 is 9.84 Å². The Morgan fingerprint density at radius 2 is 2.30 bits per heavy atom. The molecule has 0 fully saturated rings. The Labute approximate surface area is 62.0 Å². The lowest BCUT2D eigenvalue weighted by molar-refractivity contribution is 0.469. The van der Waals surface area contributed by atoms with Gasteiger partial charge in [0.1, 0.15) is 17.1 Å². The summed E-state index contributed by atoms with van der Waals surface area (Å²) in [6.45, 7) is 0. The highest BCUT2D eigenvalue weighted by Gasteiger charge is 2.05. The maximum absolute atomic E-state index is 9.00. The molecule has 0 bridgehead atoms. The fourth-order valence-corrected chi connectivity index (χ4v) is 1.53. The molecule has 0 aromatic heterocycles. The van der Waals surface area contributed by atoms with Crippen LogP contribution in [0, 0.1) is 0 Å². The lowest BCUT2D eigenvalue weighted by atomic mass is 10.3. The minimum Gasteiger partial charge on any atom is -0.508 e. The molecule has 3 heteroatoms. The molecule has 2 rings (SSSR count). The molecule has 0 atom stereocenters. The molecule has 0 saturated heterocycles. The van der Waals surface area contributed by atoms with Crippen LogP contribution in [-0.4, -0.2) is 10.7 Å². The summed E-state index contributed by atoms with van der Waals surface area (Å²) in [6, 6.07) is 5.13. The zero-order valence-electron chi connectivity index (χ0n) is 5.11. The van der Waals surface area contributed by atoms with Gasteiger partial charge in [-0.1, -0.05) is 0 Å². The first kappa shape index (κ1) is 5.80. The van der Waals surface area contributed by atoms with E-state index in [-0.39, 0.29) is 5.75 Å². The van der Waals surface area contributed by atoms with Crippen LogP contribution < -0.4 is 4.74 Å². The molecule has 1 aromatic rings. The summed E-state index contributed by atoms with van der Waals surface area (Å²) in [5, 5.41) is 9.00. The van der Waals surface area contributed by atoms with Gasteiger partial charge in [0.05, 0.1) is 0 Å². The molecule has 0 unspecified atom stereocenters. The average molecular weight is 154 g/mol. The molecule has 0 spiro atoms. The number of hydrogen-bond donors (Lipinski definition) is 2. The molecule has 0 radical (unpaired) electrons. The first-order valence-corrected chi connectivity index (χ1v) is 3.85. The van der Waals surface area contributed by atoms with Crippen LogP contribution in [0.4, 0.5) is 0 Å². The number of ether oxygens (including phenoxy) is 1. The van der Waals surface area contributed by atoms with Gasteiger partial charge in [-0.25, -0.2) is 0 Å². The van der Waals surface area contributed by atoms with Gasteiger partial charge in [0, 0.05) is 11.0 Å². The maximum atomic E-state index is 9.00. The first-order chi connectivity index (χ1) is 4.86. The Bertz CT molecular complexity index is 294. The highest BCUT2D eigenvalue weighted by atomic mass is 32.1. The smallest absolute Gasteiger partial charge is 0.143 e. The topological polar surface area (TPSA) is 29.5 Å². The Morgan fingerprint density at radius 3 is 3.20 bits per heavy atom. The van der Waals surface area contributed by atoms with Crippen molar-refractivity contribution in [3.63, 3.8) is 0 Å². The predicted octanol–water partition coefficient (Wildman–Crippen LogP) is 1.37. The van der Waals surface area contributed by atoms with Crippen LogP contribution >= 0.6 is 11.4 Å². The molecule has 0 amide bonds. The SMILES string of the molecule is Oc1ccc2c(c1)OC=[SH]2. The third-order valence-corrected chi connectivity index (χ3v) is 2.17. The van der Waals surface area contributed by atoms with Crippen molar-refractivity contribution in [2.45, 2.75) is 4.90 Å². The van der Waals surface area contributed by atoms with Crippen LogP contribution in [0.2, 0.25) is 0 Å². The quantitative estimate of drug-likeness (QED) is 0.436. The van der Waals surface area contributed by atoms with Crippen LogP contribution in [0.3, 0.4) is 0 Å². The second-order valence-corrected chi connectivity index (χ2v) is 2.96. The Balaban J connectivity index is 2.59. The van der Waals surface area contributed by atoms with E-state index in [1.807, 2.05) is 6.07 Å². The molecule has 2 nitrogen and oxygen atoms in total. The summed E-state index contributed by atoms with van der Waals surface area (Å²) in [7, 11) is 0. The molecule has 1 N–H and O–H groups in total. The number of phenolic OH excluding ortho intramolecular Hbond substituents is 1. The van der Waals surface area contributed by atoms with E-state index in [9.17, 15) is 0 Å². The summed E-state index contributed by atoms with van der Waals surface area (Å²) in [5.41, 5.74) is 1.70. The van der Waals surface area contributed by atoms with Gasteiger partial charge in [-0.2, -0.15) is 0 Å². The summed E-state index contributed by atoms with van der Waals surface area (Å²) in [5.74, 6) is 1.02. The van der Waals surface area contributed by atoms with Crippen molar-refractivity contribution in [1.29, 1.82) is 0 Å². The fourth-order valence-electron chi connectivity index (χ4n) is 0.844. The second kappa shape index (κ2) is 2.02. The fraction of sp³-hybridized carbons (Fsp3) is 0. The van der Waals surface area contributed by atoms with Crippen LogP contribution in [0.1, 0.15) is 0 Å². The number of rotatable bonds is 0. The molecule has 0 saturated carbocycles. The van der Waals surface area contributed by atoms with Crippen molar-refractivity contribution in [1.82, 2.24) is 0 Å². The molecule has 52 valence electrons. The number of aromatic hydroxyl groups is 1. The van der Waals surface area contributed by atoms with E-state index in [4.69, 9.17) is 9.84 Å². The standard InChI is InChI=1S/C7H6O2S/c8-5-1-2-7-6(3-5)9-4-10-7/h1-4,8,10H.